The molecule has 2 aromatic rings. The van der Waals surface area contributed by atoms with Crippen LogP contribution in [-0.4, -0.2) is 35.4 Å². The molecule has 0 bridgehead atoms. The lowest BCUT2D eigenvalue weighted by Crippen LogP contribution is -2.33. The number of nitro groups is 1. The van der Waals surface area contributed by atoms with Gasteiger partial charge in [0.25, 0.3) is 5.69 Å². The molecule has 0 fully saturated rings. The predicted octanol–water partition coefficient (Wildman–Crippen LogP) is 3.38. The molecular formula is C20H23N3O4. The zero-order chi connectivity index (χ0) is 19.2. The largest absolute Gasteiger partial charge is 0.494 e. The highest BCUT2D eigenvalue weighted by atomic mass is 16.6. The molecular weight excluding hydrogens is 346 g/mol. The van der Waals surface area contributed by atoms with Gasteiger partial charge in [-0.25, -0.2) is 0 Å². The normalized spacial score (nSPS) is 13.7. The molecule has 1 heterocycles. The molecule has 142 valence electrons. The van der Waals surface area contributed by atoms with Crippen LogP contribution < -0.4 is 10.1 Å². The highest BCUT2D eigenvalue weighted by Gasteiger charge is 2.19. The molecule has 27 heavy (non-hydrogen) atoms. The summed E-state index contributed by atoms with van der Waals surface area (Å²) in [5, 5.41) is 13.7. The summed E-state index contributed by atoms with van der Waals surface area (Å²) in [6.45, 7) is 4.86. The fourth-order valence-electron chi connectivity index (χ4n) is 3.25. The van der Waals surface area contributed by atoms with E-state index in [2.05, 4.69) is 22.3 Å². The lowest BCUT2D eigenvalue weighted by Gasteiger charge is -2.28. The Labute approximate surface area is 158 Å². The Bertz CT molecular complexity index is 838. The Kier molecular flexibility index (Phi) is 6.03. The van der Waals surface area contributed by atoms with Crippen molar-refractivity contribution in [3.63, 3.8) is 0 Å². The number of fused-ring (bicyclic) bond motifs is 1. The number of anilines is 1. The highest BCUT2D eigenvalue weighted by molar-refractivity contribution is 5.93. The van der Waals surface area contributed by atoms with Crippen molar-refractivity contribution in [3.05, 3.63) is 63.7 Å². The number of amides is 1. The number of hydrogen-bond acceptors (Lipinski definition) is 5. The van der Waals surface area contributed by atoms with Crippen LogP contribution in [0.25, 0.3) is 0 Å². The van der Waals surface area contributed by atoms with Crippen molar-refractivity contribution in [1.29, 1.82) is 0 Å². The molecule has 0 aromatic heterocycles. The number of nitrogens with zero attached hydrogens (tertiary/aromatic N) is 2. The van der Waals surface area contributed by atoms with Crippen molar-refractivity contribution in [3.8, 4) is 5.75 Å². The minimum absolute atomic E-state index is 0.0961. The molecule has 0 spiro atoms. The summed E-state index contributed by atoms with van der Waals surface area (Å²) in [6, 6.07) is 12.3. The Balaban J connectivity index is 1.56. The zero-order valence-corrected chi connectivity index (χ0v) is 15.3. The van der Waals surface area contributed by atoms with Crippen molar-refractivity contribution in [1.82, 2.24) is 4.90 Å². The Morgan fingerprint density at radius 2 is 2.07 bits per heavy atom. The maximum absolute atomic E-state index is 12.2. The molecule has 1 amide bonds. The number of ether oxygens (including phenoxy) is 1. The molecule has 0 saturated heterocycles. The van der Waals surface area contributed by atoms with Gasteiger partial charge in [-0.1, -0.05) is 18.2 Å². The van der Waals surface area contributed by atoms with Crippen LogP contribution in [0.1, 0.15) is 24.5 Å². The van der Waals surface area contributed by atoms with E-state index < -0.39 is 4.92 Å². The molecule has 3 rings (SSSR count). The molecule has 0 saturated carbocycles. The lowest BCUT2D eigenvalue weighted by atomic mass is 9.99. The van der Waals surface area contributed by atoms with E-state index in [0.29, 0.717) is 13.2 Å². The molecule has 7 nitrogen and oxygen atoms in total. The van der Waals surface area contributed by atoms with Gasteiger partial charge in [-0.2, -0.15) is 0 Å². The van der Waals surface area contributed by atoms with E-state index in [1.807, 2.05) is 13.0 Å². The summed E-state index contributed by atoms with van der Waals surface area (Å²) in [6.07, 6.45) is 1.22. The van der Waals surface area contributed by atoms with E-state index in [1.165, 1.54) is 17.2 Å². The first-order valence-corrected chi connectivity index (χ1v) is 9.07. The number of carbonyl (C=O) groups is 1. The Hall–Kier alpha value is -2.93. The molecule has 1 aliphatic heterocycles. The van der Waals surface area contributed by atoms with E-state index in [4.69, 9.17) is 4.74 Å². The van der Waals surface area contributed by atoms with Crippen molar-refractivity contribution >= 4 is 17.3 Å². The summed E-state index contributed by atoms with van der Waals surface area (Å²) >= 11 is 0. The molecule has 7 heteroatoms. The monoisotopic (exact) mass is 369 g/mol. The fraction of sp³-hybridized carbons (Fsp3) is 0.350. The summed E-state index contributed by atoms with van der Waals surface area (Å²) in [7, 11) is 0. The number of para-hydroxylation sites is 2. The number of carbonyl (C=O) groups excluding carboxylic acids is 1. The van der Waals surface area contributed by atoms with Gasteiger partial charge < -0.3 is 10.1 Å². The van der Waals surface area contributed by atoms with Crippen LogP contribution in [-0.2, 0) is 17.8 Å². The number of nitro benzene ring substituents is 1. The first kappa shape index (κ1) is 18.8. The molecule has 2 aromatic carbocycles. The Morgan fingerprint density at radius 1 is 1.26 bits per heavy atom. The predicted molar refractivity (Wildman–Crippen MR) is 103 cm³/mol. The second kappa shape index (κ2) is 8.64. The molecule has 0 atom stereocenters. The van der Waals surface area contributed by atoms with Gasteiger partial charge in [0.2, 0.25) is 5.91 Å². The standard InChI is InChI=1S/C20H23N3O4/c1-2-27-17-8-7-15-9-11-22(14-16(15)13-17)12-10-20(24)21-18-5-3-4-6-19(18)23(25)26/h3-8,13H,2,9-12,14H2,1H3,(H,21,24). The Morgan fingerprint density at radius 3 is 2.85 bits per heavy atom. The minimum atomic E-state index is -0.493. The summed E-state index contributed by atoms with van der Waals surface area (Å²) < 4.78 is 5.56. The third-order valence-corrected chi connectivity index (χ3v) is 4.61. The van der Waals surface area contributed by atoms with Gasteiger partial charge >= 0.3 is 0 Å². The number of nitrogens with one attached hydrogen (secondary N) is 1. The number of rotatable bonds is 7. The highest BCUT2D eigenvalue weighted by Crippen LogP contribution is 2.25. The maximum atomic E-state index is 12.2. The average Bonchev–Trinajstić information content (AvgIpc) is 2.66. The van der Waals surface area contributed by atoms with Crippen LogP contribution in [0.4, 0.5) is 11.4 Å². The number of hydrogen-bond donors (Lipinski definition) is 1. The summed E-state index contributed by atoms with van der Waals surface area (Å²) in [5.41, 5.74) is 2.68. The van der Waals surface area contributed by atoms with Crippen LogP contribution in [0.15, 0.2) is 42.5 Å². The zero-order valence-electron chi connectivity index (χ0n) is 15.3. The van der Waals surface area contributed by atoms with Gasteiger partial charge in [0, 0.05) is 32.1 Å². The summed E-state index contributed by atoms with van der Waals surface area (Å²) in [5.74, 6) is 0.644. The van der Waals surface area contributed by atoms with E-state index in [0.717, 1.165) is 25.3 Å². The topological polar surface area (TPSA) is 84.7 Å². The number of benzene rings is 2. The summed E-state index contributed by atoms with van der Waals surface area (Å²) in [4.78, 5) is 25.0. The second-order valence-corrected chi connectivity index (χ2v) is 6.46. The minimum Gasteiger partial charge on any atom is -0.494 e. The van der Waals surface area contributed by atoms with Crippen molar-refractivity contribution in [2.24, 2.45) is 0 Å². The molecule has 0 unspecified atom stereocenters. The van der Waals surface area contributed by atoms with Crippen LogP contribution in [0.2, 0.25) is 0 Å². The second-order valence-electron chi connectivity index (χ2n) is 6.46. The van der Waals surface area contributed by atoms with Crippen molar-refractivity contribution < 1.29 is 14.5 Å². The molecule has 0 aliphatic carbocycles. The van der Waals surface area contributed by atoms with Crippen LogP contribution in [0.5, 0.6) is 5.75 Å². The van der Waals surface area contributed by atoms with E-state index in [9.17, 15) is 14.9 Å². The third kappa shape index (κ3) is 4.83. The van der Waals surface area contributed by atoms with Gasteiger partial charge in [-0.15, -0.1) is 0 Å². The molecule has 1 N–H and O–H groups in total. The van der Waals surface area contributed by atoms with Crippen molar-refractivity contribution in [2.75, 3.05) is 25.0 Å². The van der Waals surface area contributed by atoms with Gasteiger partial charge in [-0.3, -0.25) is 19.8 Å². The van der Waals surface area contributed by atoms with E-state index >= 15 is 0 Å². The van der Waals surface area contributed by atoms with E-state index in [1.54, 1.807) is 18.2 Å². The van der Waals surface area contributed by atoms with Crippen LogP contribution in [0, 0.1) is 10.1 Å². The third-order valence-electron chi connectivity index (χ3n) is 4.61. The van der Waals surface area contributed by atoms with E-state index in [-0.39, 0.29) is 23.7 Å². The average molecular weight is 369 g/mol. The lowest BCUT2D eigenvalue weighted by molar-refractivity contribution is -0.383. The van der Waals surface area contributed by atoms with Gasteiger partial charge in [-0.05, 0) is 42.7 Å². The first-order chi connectivity index (χ1) is 13.1. The SMILES string of the molecule is CCOc1ccc2c(c1)CN(CCC(=O)Nc1ccccc1[N+](=O)[O-])CC2. The van der Waals surface area contributed by atoms with Crippen LogP contribution in [0.3, 0.4) is 0 Å². The van der Waals surface area contributed by atoms with Gasteiger partial charge in [0.1, 0.15) is 11.4 Å². The molecule has 1 aliphatic rings. The van der Waals surface area contributed by atoms with Crippen molar-refractivity contribution in [2.45, 2.75) is 26.3 Å². The molecule has 0 radical (unpaired) electrons. The maximum Gasteiger partial charge on any atom is 0.292 e. The van der Waals surface area contributed by atoms with Gasteiger partial charge in [0.15, 0.2) is 0 Å². The fourth-order valence-corrected chi connectivity index (χ4v) is 3.25. The first-order valence-electron chi connectivity index (χ1n) is 9.07. The van der Waals surface area contributed by atoms with Gasteiger partial charge in [0.05, 0.1) is 11.5 Å². The van der Waals surface area contributed by atoms with Crippen LogP contribution >= 0.6 is 0 Å². The quantitative estimate of drug-likeness (QED) is 0.597. The smallest absolute Gasteiger partial charge is 0.292 e.